The molecule has 0 aromatic carbocycles. The highest BCUT2D eigenvalue weighted by molar-refractivity contribution is 9.11. The number of nitrogens with one attached hydrogen (secondary N) is 1. The summed E-state index contributed by atoms with van der Waals surface area (Å²) in [6, 6.07) is 0.201. The summed E-state index contributed by atoms with van der Waals surface area (Å²) in [4.78, 5) is 11.6. The van der Waals surface area contributed by atoms with Crippen molar-refractivity contribution in [1.29, 1.82) is 0 Å². The highest BCUT2D eigenvalue weighted by Gasteiger charge is 2.24. The van der Waals surface area contributed by atoms with E-state index in [1.165, 1.54) is 0 Å². The van der Waals surface area contributed by atoms with Crippen LogP contribution >= 0.6 is 28.3 Å². The summed E-state index contributed by atoms with van der Waals surface area (Å²) in [5, 5.41) is 2.83. The molecule has 0 heterocycles. The van der Waals surface area contributed by atoms with Crippen molar-refractivity contribution in [3.05, 3.63) is 11.1 Å². The van der Waals surface area contributed by atoms with E-state index in [2.05, 4.69) is 27.8 Å². The van der Waals surface area contributed by atoms with Crippen molar-refractivity contribution < 1.29 is 4.79 Å². The average Bonchev–Trinajstić information content (AvgIpc) is 2.14. The fourth-order valence-corrected chi connectivity index (χ4v) is 1.93. The maximum atomic E-state index is 11.6. The maximum absolute atomic E-state index is 11.6. The standard InChI is InChI=1S/C10H17BrN2O.ClH/c1-7(11)6-13-10(14)8-3-2-4-9(12)5-8;/h8-9H,1-6,12H2,(H,13,14);1H. The van der Waals surface area contributed by atoms with Crippen molar-refractivity contribution in [2.75, 3.05) is 6.54 Å². The maximum Gasteiger partial charge on any atom is 0.223 e. The Hall–Kier alpha value is -0.0600. The molecule has 0 aliphatic heterocycles. The van der Waals surface area contributed by atoms with Gasteiger partial charge in [0.15, 0.2) is 0 Å². The molecule has 5 heteroatoms. The van der Waals surface area contributed by atoms with Crippen LogP contribution in [0.2, 0.25) is 0 Å². The van der Waals surface area contributed by atoms with Crippen molar-refractivity contribution in [2.45, 2.75) is 31.7 Å². The number of rotatable bonds is 3. The van der Waals surface area contributed by atoms with Crippen LogP contribution < -0.4 is 11.1 Å². The van der Waals surface area contributed by atoms with E-state index in [9.17, 15) is 4.79 Å². The Balaban J connectivity index is 0.00000196. The normalized spacial score (nSPS) is 25.2. The lowest BCUT2D eigenvalue weighted by molar-refractivity contribution is -0.125. The summed E-state index contributed by atoms with van der Waals surface area (Å²) < 4.78 is 0.797. The summed E-state index contributed by atoms with van der Waals surface area (Å²) in [6.45, 7) is 4.17. The molecule has 1 rings (SSSR count). The van der Waals surface area contributed by atoms with Gasteiger partial charge in [0.2, 0.25) is 5.91 Å². The minimum atomic E-state index is 0. The molecule has 15 heavy (non-hydrogen) atoms. The monoisotopic (exact) mass is 296 g/mol. The van der Waals surface area contributed by atoms with Gasteiger partial charge in [0.05, 0.1) is 0 Å². The molecular formula is C10H18BrClN2O. The Morgan fingerprint density at radius 2 is 2.20 bits per heavy atom. The fraction of sp³-hybridized carbons (Fsp3) is 0.700. The smallest absolute Gasteiger partial charge is 0.223 e. The third-order valence-corrected chi connectivity index (χ3v) is 2.82. The van der Waals surface area contributed by atoms with E-state index in [-0.39, 0.29) is 30.3 Å². The van der Waals surface area contributed by atoms with Crippen LogP contribution in [0.4, 0.5) is 0 Å². The lowest BCUT2D eigenvalue weighted by Gasteiger charge is -2.25. The molecule has 1 aliphatic rings. The van der Waals surface area contributed by atoms with E-state index in [0.29, 0.717) is 6.54 Å². The second-order valence-corrected chi connectivity index (χ2v) is 4.98. The molecule has 3 nitrogen and oxygen atoms in total. The van der Waals surface area contributed by atoms with Gasteiger partial charge in [-0.25, -0.2) is 0 Å². The molecule has 1 amide bonds. The molecule has 0 bridgehead atoms. The number of amides is 1. The Morgan fingerprint density at radius 3 is 2.73 bits per heavy atom. The molecule has 0 radical (unpaired) electrons. The van der Waals surface area contributed by atoms with Crippen LogP contribution in [0.25, 0.3) is 0 Å². The van der Waals surface area contributed by atoms with Crippen LogP contribution in [0.3, 0.4) is 0 Å². The molecular weight excluding hydrogens is 279 g/mol. The lowest BCUT2D eigenvalue weighted by Crippen LogP contribution is -2.38. The van der Waals surface area contributed by atoms with E-state index in [4.69, 9.17) is 5.73 Å². The zero-order valence-corrected chi connectivity index (χ0v) is 11.1. The van der Waals surface area contributed by atoms with Crippen molar-refractivity contribution >= 4 is 34.2 Å². The van der Waals surface area contributed by atoms with Gasteiger partial charge in [-0.1, -0.05) is 28.9 Å². The molecule has 2 unspecified atom stereocenters. The van der Waals surface area contributed by atoms with Crippen LogP contribution in [0.15, 0.2) is 11.1 Å². The second-order valence-electron chi connectivity index (χ2n) is 3.86. The fourth-order valence-electron chi connectivity index (χ4n) is 1.79. The molecule has 2 atom stereocenters. The Labute approximate surface area is 105 Å². The van der Waals surface area contributed by atoms with Crippen molar-refractivity contribution in [1.82, 2.24) is 5.32 Å². The number of carbonyl (C=O) groups is 1. The second kappa shape index (κ2) is 7.25. The molecule has 0 aromatic heterocycles. The van der Waals surface area contributed by atoms with Crippen molar-refractivity contribution in [2.24, 2.45) is 11.7 Å². The van der Waals surface area contributed by atoms with Crippen molar-refractivity contribution in [3.8, 4) is 0 Å². The predicted octanol–water partition coefficient (Wildman–Crippen LogP) is 1.95. The topological polar surface area (TPSA) is 55.1 Å². The van der Waals surface area contributed by atoms with Crippen LogP contribution in [0.5, 0.6) is 0 Å². The van der Waals surface area contributed by atoms with Gasteiger partial charge in [0.25, 0.3) is 0 Å². The third-order valence-electron chi connectivity index (χ3n) is 2.54. The first-order valence-electron chi connectivity index (χ1n) is 4.96. The third kappa shape index (κ3) is 5.54. The van der Waals surface area contributed by atoms with Gasteiger partial charge in [-0.05, 0) is 19.3 Å². The summed E-state index contributed by atoms with van der Waals surface area (Å²) in [5.41, 5.74) is 5.81. The van der Waals surface area contributed by atoms with E-state index >= 15 is 0 Å². The molecule has 88 valence electrons. The van der Waals surface area contributed by atoms with E-state index in [1.54, 1.807) is 0 Å². The highest BCUT2D eigenvalue weighted by Crippen LogP contribution is 2.23. The first-order chi connectivity index (χ1) is 6.59. The summed E-state index contributed by atoms with van der Waals surface area (Å²) >= 11 is 3.20. The highest BCUT2D eigenvalue weighted by atomic mass is 79.9. The van der Waals surface area contributed by atoms with Gasteiger partial charge >= 0.3 is 0 Å². The zero-order valence-electron chi connectivity index (χ0n) is 8.67. The summed E-state index contributed by atoms with van der Waals surface area (Å²) in [5.74, 6) is 0.214. The SMILES string of the molecule is C=C(Br)CNC(=O)C1CCCC(N)C1.Cl. The first kappa shape index (κ1) is 14.9. The van der Waals surface area contributed by atoms with E-state index in [0.717, 1.165) is 30.2 Å². The van der Waals surface area contributed by atoms with Crippen molar-refractivity contribution in [3.63, 3.8) is 0 Å². The van der Waals surface area contributed by atoms with Gasteiger partial charge in [0.1, 0.15) is 0 Å². The molecule has 0 aromatic rings. The van der Waals surface area contributed by atoms with Crippen LogP contribution in [0.1, 0.15) is 25.7 Å². The Bertz CT molecular complexity index is 235. The minimum Gasteiger partial charge on any atom is -0.351 e. The van der Waals surface area contributed by atoms with Gasteiger partial charge in [-0.3, -0.25) is 4.79 Å². The number of hydrogen-bond acceptors (Lipinski definition) is 2. The van der Waals surface area contributed by atoms with Gasteiger partial charge in [0, 0.05) is 23.0 Å². The Morgan fingerprint density at radius 1 is 1.53 bits per heavy atom. The molecule has 1 saturated carbocycles. The van der Waals surface area contributed by atoms with Crippen LogP contribution in [-0.4, -0.2) is 18.5 Å². The summed E-state index contributed by atoms with van der Waals surface area (Å²) in [7, 11) is 0. The average molecular weight is 298 g/mol. The largest absolute Gasteiger partial charge is 0.351 e. The number of carbonyl (C=O) groups excluding carboxylic acids is 1. The first-order valence-corrected chi connectivity index (χ1v) is 5.75. The predicted molar refractivity (Wildman–Crippen MR) is 68.3 cm³/mol. The minimum absolute atomic E-state index is 0. The molecule has 1 aliphatic carbocycles. The number of halogens is 2. The van der Waals surface area contributed by atoms with E-state index < -0.39 is 0 Å². The lowest BCUT2D eigenvalue weighted by atomic mass is 9.85. The van der Waals surface area contributed by atoms with Gasteiger partial charge in [-0.2, -0.15) is 0 Å². The quantitative estimate of drug-likeness (QED) is 0.836. The van der Waals surface area contributed by atoms with Crippen LogP contribution in [-0.2, 0) is 4.79 Å². The van der Waals surface area contributed by atoms with Crippen LogP contribution in [0, 0.1) is 5.92 Å². The Kier molecular flexibility index (Phi) is 7.22. The van der Waals surface area contributed by atoms with Gasteiger partial charge in [-0.15, -0.1) is 12.4 Å². The van der Waals surface area contributed by atoms with E-state index in [1.807, 2.05) is 0 Å². The molecule has 3 N–H and O–H groups in total. The summed E-state index contributed by atoms with van der Waals surface area (Å²) in [6.07, 6.45) is 3.90. The van der Waals surface area contributed by atoms with Gasteiger partial charge < -0.3 is 11.1 Å². The number of nitrogens with two attached hydrogens (primary N) is 1. The zero-order chi connectivity index (χ0) is 10.6. The molecule has 0 saturated heterocycles. The number of hydrogen-bond donors (Lipinski definition) is 2. The molecule has 0 spiro atoms. The molecule has 1 fully saturated rings.